The van der Waals surface area contributed by atoms with Gasteiger partial charge in [0.15, 0.2) is 11.2 Å². The van der Waals surface area contributed by atoms with Crippen molar-refractivity contribution in [3.05, 3.63) is 0 Å². The molecule has 0 saturated carbocycles. The highest BCUT2D eigenvalue weighted by Gasteiger charge is 2.55. The second-order valence-electron chi connectivity index (χ2n) is 37.3. The molecule has 1 fully saturated rings. The van der Waals surface area contributed by atoms with Gasteiger partial charge in [-0.15, -0.1) is 0 Å². The molecular weight excluding hydrogens is 1510 g/mol. The molecule has 1 aliphatic heterocycles. The minimum Gasteiger partial charge on any atom is -0.466 e. The second-order valence-corrected chi connectivity index (χ2v) is 37.3. The van der Waals surface area contributed by atoms with Crippen molar-refractivity contribution in [2.75, 3.05) is 13.2 Å². The Balaban J connectivity index is -0.00000230. The lowest BCUT2D eigenvalue weighted by Crippen LogP contribution is -2.49. The summed E-state index contributed by atoms with van der Waals surface area (Å²) in [5.41, 5.74) is -5.29. The van der Waals surface area contributed by atoms with E-state index in [1.165, 1.54) is 437 Å². The fraction of sp³-hybridized carbons (Fsp3) is 0.944. The standard InChI is InChI=1S/C60H108O13.3C16H34/c1-4-7-10-13-16-19-22-25-28-31-34-37-40-43-48-69-53(62)50-59(68,56(65)70-49-44-41-38-35-32-29-26-23-20-17-14-11-8-5-2)52-55(64)72-60(71-54(63)51-58(67,46-47-61)57(66)73-60)45-42-39-36-33-30-27-24-21-18-15-12-9-6-3;3*1-3-5-7-9-11-13-15-16-14-12-10-8-6-4-2/h47,67-68H,4-46,48-52H2,1-3H3;3*3-16H2,1-2H3. The Kier molecular flexibility index (Phi) is 100.0. The van der Waals surface area contributed by atoms with Crippen LogP contribution in [-0.4, -0.2) is 76.7 Å². The topological polar surface area (TPSA) is 189 Å². The number of rotatable bonds is 91. The smallest absolute Gasteiger partial charge is 0.423 e. The van der Waals surface area contributed by atoms with Crippen LogP contribution < -0.4 is 0 Å². The Hall–Kier alpha value is -3.06. The summed E-state index contributed by atoms with van der Waals surface area (Å²) < 4.78 is 27.4. The van der Waals surface area contributed by atoms with Gasteiger partial charge >= 0.3 is 35.8 Å². The molecule has 2 N–H and O–H groups in total. The third-order valence-electron chi connectivity index (χ3n) is 24.7. The average Bonchev–Trinajstić information content (AvgIpc) is 1.72. The molecule has 0 aliphatic carbocycles. The summed E-state index contributed by atoms with van der Waals surface area (Å²) in [5.74, 6) is -8.67. The summed E-state index contributed by atoms with van der Waals surface area (Å²) in [6, 6.07) is 0. The molecule has 0 aromatic rings. The molecule has 1 saturated heterocycles. The highest BCUT2D eigenvalue weighted by atomic mass is 16.9. The van der Waals surface area contributed by atoms with Gasteiger partial charge in [-0.05, 0) is 19.3 Å². The maximum absolute atomic E-state index is 13.8. The summed E-state index contributed by atoms with van der Waals surface area (Å²) in [5, 5.41) is 22.8. The molecule has 1 heterocycles. The quantitative estimate of drug-likeness (QED) is 0.0253. The number of hydrogen-bond donors (Lipinski definition) is 2. The number of carbonyl (C=O) groups is 6. The van der Waals surface area contributed by atoms with Gasteiger partial charge in [0, 0.05) is 6.42 Å². The minimum atomic E-state index is -2.73. The van der Waals surface area contributed by atoms with E-state index in [0.717, 1.165) is 70.6 Å². The van der Waals surface area contributed by atoms with Gasteiger partial charge in [-0.2, -0.15) is 0 Å². The lowest BCUT2D eigenvalue weighted by atomic mass is 9.95. The fourth-order valence-corrected chi connectivity index (χ4v) is 16.5. The first-order valence-corrected chi connectivity index (χ1v) is 54.0. The molecule has 0 aromatic carbocycles. The highest BCUT2D eigenvalue weighted by Crippen LogP contribution is 2.35. The summed E-state index contributed by atoms with van der Waals surface area (Å²) >= 11 is 0. The Labute approximate surface area is 752 Å². The van der Waals surface area contributed by atoms with Crippen LogP contribution in [0.2, 0.25) is 0 Å². The van der Waals surface area contributed by atoms with Crippen LogP contribution in [0.1, 0.15) is 627 Å². The van der Waals surface area contributed by atoms with E-state index >= 15 is 0 Å². The molecule has 1 aliphatic rings. The summed E-state index contributed by atoms with van der Waals surface area (Å²) in [7, 11) is 0. The van der Waals surface area contributed by atoms with Crippen LogP contribution in [0.4, 0.5) is 0 Å². The van der Waals surface area contributed by atoms with Gasteiger partial charge in [0.1, 0.15) is 6.29 Å². The van der Waals surface area contributed by atoms with E-state index in [0.29, 0.717) is 19.3 Å². The van der Waals surface area contributed by atoms with Crippen molar-refractivity contribution in [3.8, 4) is 0 Å². The van der Waals surface area contributed by atoms with Crippen LogP contribution in [0.3, 0.4) is 0 Å². The van der Waals surface area contributed by atoms with Gasteiger partial charge in [-0.25, -0.2) is 9.59 Å². The molecule has 720 valence electrons. The normalized spacial score (nSPS) is 14.9. The van der Waals surface area contributed by atoms with Crippen LogP contribution in [0.5, 0.6) is 0 Å². The Morgan fingerprint density at radius 3 is 0.719 bits per heavy atom. The van der Waals surface area contributed by atoms with Gasteiger partial charge in [-0.1, -0.05) is 576 Å². The molecule has 3 unspecified atom stereocenters. The lowest BCUT2D eigenvalue weighted by Gasteiger charge is -2.32. The molecule has 0 radical (unpaired) electrons. The number of aldehydes is 1. The minimum absolute atomic E-state index is 0.0458. The number of hydrogen-bond acceptors (Lipinski definition) is 13. The van der Waals surface area contributed by atoms with E-state index < -0.39 is 72.7 Å². The summed E-state index contributed by atoms with van der Waals surface area (Å²) in [4.78, 5) is 78.5. The van der Waals surface area contributed by atoms with Crippen molar-refractivity contribution in [1.29, 1.82) is 0 Å². The fourth-order valence-electron chi connectivity index (χ4n) is 16.5. The zero-order chi connectivity index (χ0) is 89.3. The second kappa shape index (κ2) is 99.1. The van der Waals surface area contributed by atoms with Gasteiger partial charge in [0.25, 0.3) is 0 Å². The summed E-state index contributed by atoms with van der Waals surface area (Å²) in [6.45, 7) is 20.5. The molecule has 0 aromatic heterocycles. The van der Waals surface area contributed by atoms with E-state index in [9.17, 15) is 39.0 Å². The molecule has 13 heteroatoms. The van der Waals surface area contributed by atoms with Crippen LogP contribution in [-0.2, 0) is 52.5 Å². The number of esters is 5. The molecule has 0 amide bonds. The predicted molar refractivity (Wildman–Crippen MR) is 516 cm³/mol. The van der Waals surface area contributed by atoms with Crippen molar-refractivity contribution in [2.45, 2.75) is 645 Å². The monoisotopic (exact) mass is 1720 g/mol. The first kappa shape index (κ1) is 122. The van der Waals surface area contributed by atoms with Crippen LogP contribution >= 0.6 is 0 Å². The summed E-state index contributed by atoms with van der Waals surface area (Å²) in [6.07, 6.45) is 103. The number of cyclic esters (lactones) is 2. The largest absolute Gasteiger partial charge is 0.466 e. The van der Waals surface area contributed by atoms with Crippen molar-refractivity contribution < 1.29 is 62.7 Å². The van der Waals surface area contributed by atoms with Gasteiger partial charge in [-0.3, -0.25) is 14.4 Å². The van der Waals surface area contributed by atoms with E-state index in [1.807, 2.05) is 0 Å². The van der Waals surface area contributed by atoms with Crippen LogP contribution in [0.15, 0.2) is 0 Å². The molecule has 1 rings (SSSR count). The first-order chi connectivity index (χ1) is 59.1. The first-order valence-electron chi connectivity index (χ1n) is 54.0. The van der Waals surface area contributed by atoms with Crippen molar-refractivity contribution in [3.63, 3.8) is 0 Å². The van der Waals surface area contributed by atoms with Crippen molar-refractivity contribution in [2.24, 2.45) is 0 Å². The van der Waals surface area contributed by atoms with Crippen molar-refractivity contribution >= 4 is 36.1 Å². The van der Waals surface area contributed by atoms with Crippen LogP contribution in [0, 0.1) is 0 Å². The van der Waals surface area contributed by atoms with Crippen molar-refractivity contribution in [1.82, 2.24) is 0 Å². The van der Waals surface area contributed by atoms with Gasteiger partial charge in [0.2, 0.25) is 0 Å². The third kappa shape index (κ3) is 88.7. The van der Waals surface area contributed by atoms with E-state index in [2.05, 4.69) is 62.3 Å². The van der Waals surface area contributed by atoms with E-state index in [4.69, 9.17) is 23.7 Å². The average molecular weight is 1720 g/mol. The highest BCUT2D eigenvalue weighted by molar-refractivity contribution is 5.91. The Morgan fingerprint density at radius 1 is 0.298 bits per heavy atom. The number of carbonyl (C=O) groups excluding carboxylic acids is 6. The number of aliphatic hydroxyl groups is 2. The van der Waals surface area contributed by atoms with Gasteiger partial charge < -0.3 is 38.7 Å². The lowest BCUT2D eigenvalue weighted by molar-refractivity contribution is -0.332. The third-order valence-corrected chi connectivity index (χ3v) is 24.7. The molecule has 13 nitrogen and oxygen atoms in total. The molecule has 0 bridgehead atoms. The van der Waals surface area contributed by atoms with E-state index in [-0.39, 0.29) is 32.3 Å². The molecule has 121 heavy (non-hydrogen) atoms. The SMILES string of the molecule is CCCCCCCCCCCCCCCC.CCCCCCCCCCCCCCCC.CCCCCCCCCCCCCCCC.CCCCCCCCCCCCCCCCOC(=O)CC(O)(CC(=O)OC1(CCCCCCCCCCCCCCC)OC(=O)CC(O)(CC=O)C(=O)O1)C(=O)OCCCCCCCCCCCCCCCC. The van der Waals surface area contributed by atoms with Crippen LogP contribution in [0.25, 0.3) is 0 Å². The maximum Gasteiger partial charge on any atom is 0.423 e. The van der Waals surface area contributed by atoms with E-state index in [1.54, 1.807) is 0 Å². The Bertz CT molecular complexity index is 2030. The maximum atomic E-state index is 13.8. The zero-order valence-electron chi connectivity index (χ0n) is 82.6. The predicted octanol–water partition coefficient (Wildman–Crippen LogP) is 34.5. The Morgan fingerprint density at radius 2 is 0.496 bits per heavy atom. The molecule has 0 spiro atoms. The number of unbranched alkanes of at least 4 members (excludes halogenated alkanes) is 77. The molecule has 3 atom stereocenters. The van der Waals surface area contributed by atoms with Gasteiger partial charge in [0.05, 0.1) is 38.9 Å². The molecular formula is C108H210O13. The zero-order valence-corrected chi connectivity index (χ0v) is 82.6. The number of ether oxygens (including phenoxy) is 5.